The molecule has 0 rings (SSSR count). The van der Waals surface area contributed by atoms with Gasteiger partial charge in [-0.15, -0.1) is 6.42 Å². The van der Waals surface area contributed by atoms with Gasteiger partial charge in [-0.25, -0.2) is 0 Å². The van der Waals surface area contributed by atoms with E-state index < -0.39 is 17.5 Å². The van der Waals surface area contributed by atoms with Crippen LogP contribution < -0.4 is 0 Å². The molecule has 0 radical (unpaired) electrons. The Hall–Kier alpha value is -2.01. The number of hydrogen-bond acceptors (Lipinski definition) is 5. The molecule has 0 bridgehead atoms. The number of carbonyl (C=O) groups excluding carboxylic acids is 2. The fraction of sp³-hybridized carbons (Fsp3) is 0.583. The fourth-order valence-electron chi connectivity index (χ4n) is 0.930. The summed E-state index contributed by atoms with van der Waals surface area (Å²) in [5, 5.41) is 8.63. The van der Waals surface area contributed by atoms with Crippen molar-refractivity contribution >= 4 is 11.9 Å². The van der Waals surface area contributed by atoms with Crippen LogP contribution >= 0.6 is 0 Å². The van der Waals surface area contributed by atoms with Crippen molar-refractivity contribution in [2.24, 2.45) is 0 Å². The molecule has 0 N–H and O–H groups in total. The van der Waals surface area contributed by atoms with Gasteiger partial charge in [-0.1, -0.05) is 5.92 Å². The Morgan fingerprint density at radius 2 is 1.88 bits per heavy atom. The molecule has 0 aromatic rings. The maximum Gasteiger partial charge on any atom is 0.307 e. The van der Waals surface area contributed by atoms with E-state index in [9.17, 15) is 9.59 Å². The van der Waals surface area contributed by atoms with Crippen LogP contribution in [0.1, 0.15) is 33.1 Å². The number of terminal acetylenes is 1. The average Bonchev–Trinajstić information content (AvgIpc) is 2.25. The van der Waals surface area contributed by atoms with E-state index in [4.69, 9.17) is 16.4 Å². The van der Waals surface area contributed by atoms with Gasteiger partial charge in [0.2, 0.25) is 0 Å². The zero-order valence-corrected chi connectivity index (χ0v) is 9.99. The predicted molar refractivity (Wildman–Crippen MR) is 59.4 cm³/mol. The third kappa shape index (κ3) is 7.87. The Labute approximate surface area is 101 Å². The summed E-state index contributed by atoms with van der Waals surface area (Å²) in [7, 11) is 0. The smallest absolute Gasteiger partial charge is 0.307 e. The molecule has 92 valence electrons. The summed E-state index contributed by atoms with van der Waals surface area (Å²) in [4.78, 5) is 22.3. The molecule has 0 saturated carbocycles. The SMILES string of the molecule is C#CCOC(=O)CCCC(=O)OC(C)(C)C#N. The predicted octanol–water partition coefficient (Wildman–Crippen LogP) is 1.18. The molecular weight excluding hydrogens is 222 g/mol. The van der Waals surface area contributed by atoms with Gasteiger partial charge in [-0.05, 0) is 20.3 Å². The highest BCUT2D eigenvalue weighted by atomic mass is 16.6. The number of carbonyl (C=O) groups is 2. The van der Waals surface area contributed by atoms with Crippen LogP contribution in [0.25, 0.3) is 0 Å². The summed E-state index contributed by atoms with van der Waals surface area (Å²) in [5.74, 6) is 1.20. The topological polar surface area (TPSA) is 76.4 Å². The van der Waals surface area contributed by atoms with Gasteiger partial charge in [0, 0.05) is 12.8 Å². The second-order valence-electron chi connectivity index (χ2n) is 3.81. The minimum absolute atomic E-state index is 0.0647. The summed E-state index contributed by atoms with van der Waals surface area (Å²) < 4.78 is 9.48. The molecule has 17 heavy (non-hydrogen) atoms. The van der Waals surface area contributed by atoms with E-state index in [0.29, 0.717) is 6.42 Å². The number of esters is 2. The van der Waals surface area contributed by atoms with Crippen molar-refractivity contribution in [2.75, 3.05) is 6.61 Å². The maximum absolute atomic E-state index is 11.3. The molecule has 0 fully saturated rings. The van der Waals surface area contributed by atoms with Crippen molar-refractivity contribution in [2.45, 2.75) is 38.7 Å². The Balaban J connectivity index is 3.77. The van der Waals surface area contributed by atoms with Crippen molar-refractivity contribution in [1.82, 2.24) is 0 Å². The first-order valence-electron chi connectivity index (χ1n) is 5.13. The van der Waals surface area contributed by atoms with Gasteiger partial charge in [-0.3, -0.25) is 9.59 Å². The normalized spacial score (nSPS) is 9.88. The lowest BCUT2D eigenvalue weighted by Gasteiger charge is -2.16. The van der Waals surface area contributed by atoms with Crippen LogP contribution in [-0.2, 0) is 19.1 Å². The summed E-state index contributed by atoms with van der Waals surface area (Å²) >= 11 is 0. The summed E-state index contributed by atoms with van der Waals surface area (Å²) in [6.07, 6.45) is 5.38. The summed E-state index contributed by atoms with van der Waals surface area (Å²) in [6, 6.07) is 1.84. The monoisotopic (exact) mass is 237 g/mol. The number of nitriles is 1. The molecule has 5 nitrogen and oxygen atoms in total. The van der Waals surface area contributed by atoms with Crippen LogP contribution in [0.4, 0.5) is 0 Å². The molecule has 0 atom stereocenters. The van der Waals surface area contributed by atoms with Crippen molar-refractivity contribution in [3.8, 4) is 18.4 Å². The molecule has 0 unspecified atom stereocenters. The van der Waals surface area contributed by atoms with E-state index in [1.54, 1.807) is 0 Å². The van der Waals surface area contributed by atoms with E-state index >= 15 is 0 Å². The average molecular weight is 237 g/mol. The van der Waals surface area contributed by atoms with Gasteiger partial charge in [0.25, 0.3) is 0 Å². The van der Waals surface area contributed by atoms with Crippen LogP contribution in [0.15, 0.2) is 0 Å². The van der Waals surface area contributed by atoms with Gasteiger partial charge in [0.15, 0.2) is 12.2 Å². The lowest BCUT2D eigenvalue weighted by atomic mass is 10.1. The third-order valence-electron chi connectivity index (χ3n) is 1.72. The van der Waals surface area contributed by atoms with E-state index in [1.165, 1.54) is 13.8 Å². The Morgan fingerprint density at radius 1 is 1.29 bits per heavy atom. The van der Waals surface area contributed by atoms with Crippen LogP contribution in [-0.4, -0.2) is 24.1 Å². The molecule has 0 aromatic carbocycles. The van der Waals surface area contributed by atoms with Crippen molar-refractivity contribution in [1.29, 1.82) is 5.26 Å². The molecular formula is C12H15NO4. The largest absolute Gasteiger partial charge is 0.452 e. The molecule has 0 heterocycles. The first-order valence-corrected chi connectivity index (χ1v) is 5.13. The Morgan fingerprint density at radius 3 is 2.41 bits per heavy atom. The number of rotatable bonds is 6. The second kappa shape index (κ2) is 7.29. The van der Waals surface area contributed by atoms with Crippen molar-refractivity contribution < 1.29 is 19.1 Å². The molecule has 0 aliphatic rings. The van der Waals surface area contributed by atoms with Crippen LogP contribution in [0, 0.1) is 23.7 Å². The molecule has 5 heteroatoms. The lowest BCUT2D eigenvalue weighted by Crippen LogP contribution is -2.25. The molecule has 0 amide bonds. The highest BCUT2D eigenvalue weighted by Crippen LogP contribution is 2.10. The zero-order chi connectivity index (χ0) is 13.3. The standard InChI is InChI=1S/C12H15NO4/c1-4-8-16-10(14)6-5-7-11(15)17-12(2,3)9-13/h1H,5-8H2,2-3H3. The minimum atomic E-state index is -1.14. The molecule has 0 aliphatic carbocycles. The third-order valence-corrected chi connectivity index (χ3v) is 1.72. The van der Waals surface area contributed by atoms with E-state index in [2.05, 4.69) is 10.7 Å². The van der Waals surface area contributed by atoms with Gasteiger partial charge >= 0.3 is 11.9 Å². The maximum atomic E-state index is 11.3. The van der Waals surface area contributed by atoms with Gasteiger partial charge in [0.05, 0.1) is 0 Å². The molecule has 0 aromatic heterocycles. The van der Waals surface area contributed by atoms with Gasteiger partial charge in [0.1, 0.15) is 6.07 Å². The Bertz CT molecular complexity index is 360. The molecule has 0 aliphatic heterocycles. The second-order valence-corrected chi connectivity index (χ2v) is 3.81. The lowest BCUT2D eigenvalue weighted by molar-refractivity contribution is -0.152. The number of hydrogen-bond donors (Lipinski definition) is 0. The van der Waals surface area contributed by atoms with Gasteiger partial charge < -0.3 is 9.47 Å². The molecule has 0 spiro atoms. The minimum Gasteiger partial charge on any atom is -0.452 e. The van der Waals surface area contributed by atoms with Crippen molar-refractivity contribution in [3.63, 3.8) is 0 Å². The van der Waals surface area contributed by atoms with Crippen LogP contribution in [0.5, 0.6) is 0 Å². The highest BCUT2D eigenvalue weighted by Gasteiger charge is 2.21. The molecule has 0 saturated heterocycles. The van der Waals surface area contributed by atoms with E-state index in [-0.39, 0.29) is 19.4 Å². The zero-order valence-electron chi connectivity index (χ0n) is 9.99. The summed E-state index contributed by atoms with van der Waals surface area (Å²) in [6.45, 7) is 2.92. The quantitative estimate of drug-likeness (QED) is 0.512. The fourth-order valence-corrected chi connectivity index (χ4v) is 0.930. The Kier molecular flexibility index (Phi) is 6.43. The van der Waals surface area contributed by atoms with Crippen molar-refractivity contribution in [3.05, 3.63) is 0 Å². The van der Waals surface area contributed by atoms with Crippen LogP contribution in [0.3, 0.4) is 0 Å². The number of ether oxygens (including phenoxy) is 2. The summed E-state index contributed by atoms with van der Waals surface area (Å²) in [5.41, 5.74) is -1.14. The van der Waals surface area contributed by atoms with E-state index in [0.717, 1.165) is 0 Å². The van der Waals surface area contributed by atoms with Gasteiger partial charge in [-0.2, -0.15) is 5.26 Å². The van der Waals surface area contributed by atoms with Crippen LogP contribution in [0.2, 0.25) is 0 Å². The highest BCUT2D eigenvalue weighted by molar-refractivity contribution is 5.73. The van der Waals surface area contributed by atoms with E-state index in [1.807, 2.05) is 6.07 Å². The first-order chi connectivity index (χ1) is 7.91. The first kappa shape index (κ1) is 15.0. The number of nitrogens with zero attached hydrogens (tertiary/aromatic N) is 1.